The Bertz CT molecular complexity index is 168. The van der Waals surface area contributed by atoms with Crippen LogP contribution in [0.15, 0.2) is 0 Å². The van der Waals surface area contributed by atoms with Gasteiger partial charge in [0, 0.05) is 0 Å². The summed E-state index contributed by atoms with van der Waals surface area (Å²) in [5.41, 5.74) is -5.53. The number of hydrogen-bond donors (Lipinski definition) is 1. The molecule has 0 fully saturated rings. The molecule has 0 rings (SSSR count). The van der Waals surface area contributed by atoms with Crippen molar-refractivity contribution in [3.63, 3.8) is 0 Å². The Kier molecular flexibility index (Phi) is 4.25. The van der Waals surface area contributed by atoms with E-state index in [1.165, 1.54) is 0 Å². The van der Waals surface area contributed by atoms with E-state index in [1.807, 2.05) is 0 Å². The van der Waals surface area contributed by atoms with E-state index in [9.17, 15) is 13.2 Å². The van der Waals surface area contributed by atoms with Gasteiger partial charge < -0.3 is 0 Å². The van der Waals surface area contributed by atoms with Crippen LogP contribution >= 0.6 is 0 Å². The van der Waals surface area contributed by atoms with Crippen LogP contribution in [0.5, 0.6) is 0 Å². The summed E-state index contributed by atoms with van der Waals surface area (Å²) in [5.74, 6) is 0. The average Bonchev–Trinajstić information content (AvgIpc) is 1.25. The third kappa shape index (κ3) is 4.05. The van der Waals surface area contributed by atoms with Gasteiger partial charge in [0.2, 0.25) is 0 Å². The molecule has 0 aromatic carbocycles. The SMILES string of the molecule is O=S(=O)(O)C(F)(F)F.[Bi+3]. The zero-order valence-corrected chi connectivity index (χ0v) is 8.05. The van der Waals surface area contributed by atoms with Gasteiger partial charge in [0.1, 0.15) is 0 Å². The van der Waals surface area contributed by atoms with Crippen molar-refractivity contribution in [2.24, 2.45) is 0 Å². The smallest absolute Gasteiger partial charge is 0.279 e. The first-order chi connectivity index (χ1) is 3.25. The Morgan fingerprint density at radius 2 is 1.33 bits per heavy atom. The van der Waals surface area contributed by atoms with Crippen molar-refractivity contribution in [1.29, 1.82) is 0 Å². The maximum atomic E-state index is 10.7. The van der Waals surface area contributed by atoms with E-state index in [0.717, 1.165) is 0 Å². The molecule has 0 amide bonds. The summed E-state index contributed by atoms with van der Waals surface area (Å²) in [4.78, 5) is 0. The van der Waals surface area contributed by atoms with E-state index in [2.05, 4.69) is 0 Å². The molecule has 9 heavy (non-hydrogen) atoms. The topological polar surface area (TPSA) is 54.4 Å². The third-order valence-electron chi connectivity index (χ3n) is 0.292. The Morgan fingerprint density at radius 1 is 1.22 bits per heavy atom. The summed E-state index contributed by atoms with van der Waals surface area (Å²) in [6.07, 6.45) is 0. The van der Waals surface area contributed by atoms with Gasteiger partial charge in [-0.05, 0) is 0 Å². The molecule has 0 spiro atoms. The fraction of sp³-hybridized carbons (Fsp3) is 1.00. The van der Waals surface area contributed by atoms with Gasteiger partial charge in [-0.25, -0.2) is 0 Å². The van der Waals surface area contributed by atoms with Crippen LogP contribution in [-0.2, 0) is 10.1 Å². The van der Waals surface area contributed by atoms with Gasteiger partial charge in [0.25, 0.3) is 0 Å². The fourth-order valence-electron chi connectivity index (χ4n) is 0. The van der Waals surface area contributed by atoms with E-state index in [1.54, 1.807) is 0 Å². The van der Waals surface area contributed by atoms with Gasteiger partial charge in [0.15, 0.2) is 0 Å². The predicted molar refractivity (Wildman–Crippen MR) is 23.4 cm³/mol. The van der Waals surface area contributed by atoms with Crippen LogP contribution < -0.4 is 0 Å². The quantitative estimate of drug-likeness (QED) is 0.377. The maximum absolute atomic E-state index is 10.7. The monoisotopic (exact) mass is 359 g/mol. The van der Waals surface area contributed by atoms with Crippen LogP contribution in [0.25, 0.3) is 0 Å². The van der Waals surface area contributed by atoms with Crippen LogP contribution in [0.1, 0.15) is 0 Å². The molecule has 1 N–H and O–H groups in total. The van der Waals surface area contributed by atoms with E-state index in [4.69, 9.17) is 13.0 Å². The molecule has 3 nitrogen and oxygen atoms in total. The molecule has 0 aliphatic heterocycles. The van der Waals surface area contributed by atoms with E-state index >= 15 is 0 Å². The Hall–Kier alpha value is 0.583. The molecule has 0 unspecified atom stereocenters. The standard InChI is InChI=1S/CHF3O3S.Bi/c2-1(3,4)8(5,6)7;/h(H,5,6,7);/q;+3. The molecule has 0 heterocycles. The van der Waals surface area contributed by atoms with Gasteiger partial charge in [-0.3, -0.25) is 4.55 Å². The van der Waals surface area contributed by atoms with Crippen LogP contribution in [0.2, 0.25) is 0 Å². The minimum Gasteiger partial charge on any atom is -0.279 e. The minimum atomic E-state index is -5.84. The molecule has 0 aliphatic rings. The average molecular weight is 359 g/mol. The molecule has 0 bridgehead atoms. The first kappa shape index (κ1) is 12.3. The molecule has 0 atom stereocenters. The van der Waals surface area contributed by atoms with Crippen LogP contribution in [0.4, 0.5) is 13.2 Å². The fourth-order valence-corrected chi connectivity index (χ4v) is 0. The van der Waals surface area contributed by atoms with Crippen molar-refractivity contribution >= 4 is 36.3 Å². The van der Waals surface area contributed by atoms with E-state index in [-0.39, 0.29) is 26.2 Å². The zero-order chi connectivity index (χ0) is 7.00. The molecule has 8 heteroatoms. The van der Waals surface area contributed by atoms with Crippen molar-refractivity contribution in [2.75, 3.05) is 0 Å². The maximum Gasteiger partial charge on any atom is 3.00 e. The third-order valence-corrected chi connectivity index (χ3v) is 0.877. The van der Waals surface area contributed by atoms with E-state index < -0.39 is 15.6 Å². The van der Waals surface area contributed by atoms with Crippen molar-refractivity contribution in [1.82, 2.24) is 0 Å². The van der Waals surface area contributed by atoms with E-state index in [0.29, 0.717) is 0 Å². The molecular formula is CHBiF3O3S+3. The molecule has 0 aromatic rings. The molecule has 52 valence electrons. The summed E-state index contributed by atoms with van der Waals surface area (Å²) in [5, 5.41) is 0. The zero-order valence-electron chi connectivity index (χ0n) is 3.75. The first-order valence-corrected chi connectivity index (χ1v) is 2.73. The Morgan fingerprint density at radius 3 is 1.33 bits per heavy atom. The summed E-state index contributed by atoms with van der Waals surface area (Å²) < 4.78 is 57.5. The minimum absolute atomic E-state index is 0. The normalized spacial score (nSPS) is 12.4. The summed E-state index contributed by atoms with van der Waals surface area (Å²) in [6.45, 7) is 0. The van der Waals surface area contributed by atoms with Crippen molar-refractivity contribution in [3.8, 4) is 0 Å². The molecule has 0 aliphatic carbocycles. The van der Waals surface area contributed by atoms with Gasteiger partial charge >= 0.3 is 41.8 Å². The summed E-state index contributed by atoms with van der Waals surface area (Å²) in [6, 6.07) is 0. The molecular weight excluding hydrogens is 358 g/mol. The van der Waals surface area contributed by atoms with Crippen LogP contribution in [0.3, 0.4) is 0 Å². The molecule has 2 radical (unpaired) electrons. The second kappa shape index (κ2) is 3.12. The Balaban J connectivity index is 0. The number of alkyl halides is 3. The largest absolute Gasteiger partial charge is 3.00 e. The molecule has 0 saturated carbocycles. The molecule has 0 saturated heterocycles. The first-order valence-electron chi connectivity index (χ1n) is 1.29. The van der Waals surface area contributed by atoms with Crippen LogP contribution in [0, 0.1) is 0 Å². The van der Waals surface area contributed by atoms with Gasteiger partial charge in [-0.15, -0.1) is 0 Å². The summed E-state index contributed by atoms with van der Waals surface area (Å²) in [7, 11) is -5.84. The Labute approximate surface area is 68.1 Å². The number of hydrogen-bond acceptors (Lipinski definition) is 2. The van der Waals surface area contributed by atoms with Crippen molar-refractivity contribution < 1.29 is 26.1 Å². The van der Waals surface area contributed by atoms with Crippen molar-refractivity contribution in [2.45, 2.75) is 5.51 Å². The number of rotatable bonds is 0. The second-order valence-corrected chi connectivity index (χ2v) is 2.33. The van der Waals surface area contributed by atoms with Crippen molar-refractivity contribution in [3.05, 3.63) is 0 Å². The van der Waals surface area contributed by atoms with Gasteiger partial charge in [-0.2, -0.15) is 21.6 Å². The second-order valence-electron chi connectivity index (χ2n) is 0.921. The predicted octanol–water partition coefficient (Wildman–Crippen LogP) is 0.0132. The van der Waals surface area contributed by atoms with Crippen LogP contribution in [-0.4, -0.2) is 44.7 Å². The number of halogens is 3. The van der Waals surface area contributed by atoms with Gasteiger partial charge in [-0.1, -0.05) is 0 Å². The molecule has 0 aromatic heterocycles. The van der Waals surface area contributed by atoms with Gasteiger partial charge in [0.05, 0.1) is 0 Å². The summed E-state index contributed by atoms with van der Waals surface area (Å²) >= 11 is 0.